The number of piperidine rings is 1. The van der Waals surface area contributed by atoms with Gasteiger partial charge in [0.15, 0.2) is 6.10 Å². The van der Waals surface area contributed by atoms with Gasteiger partial charge in [-0.25, -0.2) is 4.79 Å². The van der Waals surface area contributed by atoms with Crippen molar-refractivity contribution in [2.45, 2.75) is 84.2 Å². The monoisotopic (exact) mass is 517 g/mol. The molecule has 6 nitrogen and oxygen atoms in total. The van der Waals surface area contributed by atoms with E-state index in [0.717, 1.165) is 24.8 Å². The maximum Gasteiger partial charge on any atom is 0.414 e. The predicted molar refractivity (Wildman–Crippen MR) is 132 cm³/mol. The fourth-order valence-corrected chi connectivity index (χ4v) is 4.60. The van der Waals surface area contributed by atoms with Crippen LogP contribution in [-0.2, 0) is 20.8 Å². The Morgan fingerprint density at radius 2 is 1.69 bits per heavy atom. The van der Waals surface area contributed by atoms with Gasteiger partial charge in [-0.15, -0.1) is 0 Å². The van der Waals surface area contributed by atoms with E-state index < -0.39 is 18.4 Å². The molecule has 0 bridgehead atoms. The molecule has 3 atom stereocenters. The van der Waals surface area contributed by atoms with Crippen LogP contribution in [0.15, 0.2) is 30.3 Å². The second-order valence-electron chi connectivity index (χ2n) is 10.6. The molecule has 1 heterocycles. The summed E-state index contributed by atoms with van der Waals surface area (Å²) in [6, 6.07) is 9.63. The highest BCUT2D eigenvalue weighted by Crippen LogP contribution is 2.38. The molecule has 0 saturated carbocycles. The summed E-state index contributed by atoms with van der Waals surface area (Å²) in [5, 5.41) is 9.47. The van der Waals surface area contributed by atoms with Gasteiger partial charge in [0.2, 0.25) is 0 Å². The summed E-state index contributed by atoms with van der Waals surface area (Å²) in [5.74, 6) is -0.249. The van der Waals surface area contributed by atoms with Gasteiger partial charge in [-0.3, -0.25) is 0 Å². The number of amides is 1. The summed E-state index contributed by atoms with van der Waals surface area (Å²) in [6.45, 7) is 7.71. The van der Waals surface area contributed by atoms with E-state index >= 15 is 0 Å². The molecular weight excluding hydrogens is 475 g/mol. The minimum absolute atomic E-state index is 0.110. The number of hydrogen-bond donors (Lipinski definition) is 1. The lowest BCUT2D eigenvalue weighted by Crippen LogP contribution is -2.52. The standard InChI is InChI=1S/C27H42F3NO5/c1-26(2,3)23-18-22(12-13-31(23)25(32)33)19-24(27(28,29)30)36-17-16-34-14-8-5-9-15-35-20-21-10-6-4-7-11-21/h4,6-7,10-11,22-24H,5,8-9,12-20H2,1-3H3,(H,32,33). The second kappa shape index (κ2) is 14.8. The number of unbranched alkanes of at least 4 members (excludes halogenated alkanes) is 2. The molecule has 2 rings (SSSR count). The molecule has 36 heavy (non-hydrogen) atoms. The van der Waals surface area contributed by atoms with E-state index in [-0.39, 0.29) is 43.6 Å². The number of ether oxygens (including phenoxy) is 3. The van der Waals surface area contributed by atoms with Crippen molar-refractivity contribution in [1.82, 2.24) is 4.90 Å². The summed E-state index contributed by atoms with van der Waals surface area (Å²) in [6.07, 6.45) is -4.08. The highest BCUT2D eigenvalue weighted by atomic mass is 19.4. The molecule has 1 aromatic carbocycles. The lowest BCUT2D eigenvalue weighted by Gasteiger charge is -2.45. The van der Waals surface area contributed by atoms with E-state index in [1.54, 1.807) is 0 Å². The first kappa shape index (κ1) is 30.4. The first-order chi connectivity index (χ1) is 17.0. The van der Waals surface area contributed by atoms with Crippen molar-refractivity contribution in [2.75, 3.05) is 33.0 Å². The van der Waals surface area contributed by atoms with E-state index in [2.05, 4.69) is 0 Å². The van der Waals surface area contributed by atoms with E-state index in [4.69, 9.17) is 14.2 Å². The molecule has 1 saturated heterocycles. The molecule has 1 aromatic rings. The second-order valence-corrected chi connectivity index (χ2v) is 10.6. The number of benzene rings is 1. The van der Waals surface area contributed by atoms with Crippen molar-refractivity contribution in [2.24, 2.45) is 11.3 Å². The molecule has 1 N–H and O–H groups in total. The summed E-state index contributed by atoms with van der Waals surface area (Å²) >= 11 is 0. The number of carbonyl (C=O) groups is 1. The fourth-order valence-electron chi connectivity index (χ4n) is 4.60. The van der Waals surface area contributed by atoms with Crippen molar-refractivity contribution < 1.29 is 37.3 Å². The first-order valence-corrected chi connectivity index (χ1v) is 12.9. The molecule has 0 spiro atoms. The van der Waals surface area contributed by atoms with Crippen molar-refractivity contribution in [3.8, 4) is 0 Å². The normalized spacial score (nSPS) is 19.9. The Morgan fingerprint density at radius 3 is 2.31 bits per heavy atom. The number of carboxylic acid groups (broad SMARTS) is 1. The van der Waals surface area contributed by atoms with Gasteiger partial charge in [0, 0.05) is 25.8 Å². The molecule has 206 valence electrons. The number of halogens is 3. The lowest BCUT2D eigenvalue weighted by atomic mass is 9.75. The number of alkyl halides is 3. The van der Waals surface area contributed by atoms with Gasteiger partial charge in [0.1, 0.15) is 0 Å². The van der Waals surface area contributed by atoms with Crippen LogP contribution in [0.5, 0.6) is 0 Å². The van der Waals surface area contributed by atoms with Crippen molar-refractivity contribution >= 4 is 6.09 Å². The summed E-state index contributed by atoms with van der Waals surface area (Å²) in [7, 11) is 0. The molecule has 1 amide bonds. The quantitative estimate of drug-likeness (QED) is 0.284. The molecule has 9 heteroatoms. The third-order valence-electron chi connectivity index (χ3n) is 6.60. The molecule has 0 aliphatic carbocycles. The Bertz CT molecular complexity index is 754. The molecule has 0 radical (unpaired) electrons. The van der Waals surface area contributed by atoms with Crippen molar-refractivity contribution in [1.29, 1.82) is 0 Å². The maximum absolute atomic E-state index is 13.6. The summed E-state index contributed by atoms with van der Waals surface area (Å²) in [4.78, 5) is 12.9. The first-order valence-electron chi connectivity index (χ1n) is 12.9. The van der Waals surface area contributed by atoms with Gasteiger partial charge in [-0.1, -0.05) is 51.1 Å². The van der Waals surface area contributed by atoms with E-state index in [1.807, 2.05) is 51.1 Å². The zero-order valence-electron chi connectivity index (χ0n) is 21.8. The fraction of sp³-hybridized carbons (Fsp3) is 0.741. The Kier molecular flexibility index (Phi) is 12.5. The van der Waals surface area contributed by atoms with Gasteiger partial charge in [-0.2, -0.15) is 13.2 Å². The Labute approximate surface area is 213 Å². The van der Waals surface area contributed by atoms with Crippen LogP contribution < -0.4 is 0 Å². The van der Waals surface area contributed by atoms with Crippen LogP contribution in [0.2, 0.25) is 0 Å². The van der Waals surface area contributed by atoms with Gasteiger partial charge < -0.3 is 24.2 Å². The average Bonchev–Trinajstić information content (AvgIpc) is 2.81. The number of nitrogens with zero attached hydrogens (tertiary/aromatic N) is 1. The van der Waals surface area contributed by atoms with Crippen LogP contribution in [0.4, 0.5) is 18.0 Å². The van der Waals surface area contributed by atoms with Gasteiger partial charge in [-0.05, 0) is 55.4 Å². The topological polar surface area (TPSA) is 68.2 Å². The van der Waals surface area contributed by atoms with Crippen molar-refractivity contribution in [3.63, 3.8) is 0 Å². The third kappa shape index (κ3) is 11.0. The maximum atomic E-state index is 13.6. The lowest BCUT2D eigenvalue weighted by molar-refractivity contribution is -0.228. The summed E-state index contributed by atoms with van der Waals surface area (Å²) in [5.41, 5.74) is 0.783. The van der Waals surface area contributed by atoms with Gasteiger partial charge in [0.05, 0.1) is 19.8 Å². The van der Waals surface area contributed by atoms with Crippen LogP contribution in [0, 0.1) is 11.3 Å². The van der Waals surface area contributed by atoms with Crippen LogP contribution >= 0.6 is 0 Å². The van der Waals surface area contributed by atoms with E-state index in [9.17, 15) is 23.1 Å². The zero-order valence-corrected chi connectivity index (χ0v) is 21.8. The Hall–Kier alpha value is -1.84. The minimum Gasteiger partial charge on any atom is -0.465 e. The molecule has 1 aliphatic heterocycles. The summed E-state index contributed by atoms with van der Waals surface area (Å²) < 4.78 is 57.1. The SMILES string of the molecule is CC(C)(C)C1CC(CC(OCCOCCCCCOCc2ccccc2)C(F)(F)F)CCN1C(=O)O. The number of rotatable bonds is 14. The molecule has 0 aromatic heterocycles. The van der Waals surface area contributed by atoms with Crippen LogP contribution in [0.25, 0.3) is 0 Å². The van der Waals surface area contributed by atoms with Crippen molar-refractivity contribution in [3.05, 3.63) is 35.9 Å². The zero-order chi connectivity index (χ0) is 26.6. The van der Waals surface area contributed by atoms with Crippen LogP contribution in [-0.4, -0.2) is 67.4 Å². The number of likely N-dealkylation sites (tertiary alicyclic amines) is 1. The smallest absolute Gasteiger partial charge is 0.414 e. The van der Waals surface area contributed by atoms with Crippen LogP contribution in [0.3, 0.4) is 0 Å². The van der Waals surface area contributed by atoms with Gasteiger partial charge >= 0.3 is 12.3 Å². The highest BCUT2D eigenvalue weighted by Gasteiger charge is 2.45. The highest BCUT2D eigenvalue weighted by molar-refractivity contribution is 5.65. The third-order valence-corrected chi connectivity index (χ3v) is 6.60. The van der Waals surface area contributed by atoms with Gasteiger partial charge in [0.25, 0.3) is 0 Å². The minimum atomic E-state index is -4.47. The largest absolute Gasteiger partial charge is 0.465 e. The van der Waals surface area contributed by atoms with Crippen LogP contribution in [0.1, 0.15) is 64.9 Å². The molecular formula is C27H42F3NO5. The average molecular weight is 518 g/mol. The predicted octanol–water partition coefficient (Wildman–Crippen LogP) is 6.53. The molecule has 1 aliphatic rings. The van der Waals surface area contributed by atoms with E-state index in [0.29, 0.717) is 32.7 Å². The molecule has 1 fully saturated rings. The Balaban J connectivity index is 1.62. The van der Waals surface area contributed by atoms with E-state index in [1.165, 1.54) is 4.90 Å². The molecule has 3 unspecified atom stereocenters. The number of hydrogen-bond acceptors (Lipinski definition) is 4. The Morgan fingerprint density at radius 1 is 1.03 bits per heavy atom.